The summed E-state index contributed by atoms with van der Waals surface area (Å²) in [7, 11) is 1.74. The summed E-state index contributed by atoms with van der Waals surface area (Å²) in [6.07, 6.45) is 4.88. The predicted octanol–water partition coefficient (Wildman–Crippen LogP) is 2.92. The van der Waals surface area contributed by atoms with E-state index in [1.54, 1.807) is 7.11 Å². The Balaban J connectivity index is 2.36. The van der Waals surface area contributed by atoms with Crippen molar-refractivity contribution in [3.8, 4) is 0 Å². The van der Waals surface area contributed by atoms with Crippen molar-refractivity contribution in [2.45, 2.75) is 19.4 Å². The molecule has 0 saturated heterocycles. The largest absolute Gasteiger partial charge is 0.383 e. The Bertz CT molecular complexity index is 493. The van der Waals surface area contributed by atoms with E-state index in [2.05, 4.69) is 35.4 Å². The molecule has 1 N–H and O–H groups in total. The lowest BCUT2D eigenvalue weighted by Gasteiger charge is -2.19. The number of hydrogen-bond donors (Lipinski definition) is 1. The van der Waals surface area contributed by atoms with Crippen LogP contribution in [-0.2, 0) is 4.74 Å². The van der Waals surface area contributed by atoms with Crippen molar-refractivity contribution >= 4 is 10.8 Å². The molecule has 2 aromatic rings. The molecule has 0 radical (unpaired) electrons. The topological polar surface area (TPSA) is 34.1 Å². The second-order valence-corrected chi connectivity index (χ2v) is 4.41. The SMILES string of the molecule is CCCNC(COC)c1cccc2ccncc12. The summed E-state index contributed by atoms with van der Waals surface area (Å²) in [5, 5.41) is 5.95. The van der Waals surface area contributed by atoms with Crippen LogP contribution in [0.1, 0.15) is 24.9 Å². The third-order valence-electron chi connectivity index (χ3n) is 3.07. The number of ether oxygens (including phenoxy) is 1. The molecule has 0 fully saturated rings. The maximum absolute atomic E-state index is 5.32. The van der Waals surface area contributed by atoms with Gasteiger partial charge in [-0.1, -0.05) is 25.1 Å². The van der Waals surface area contributed by atoms with Gasteiger partial charge in [0.15, 0.2) is 0 Å². The number of rotatable bonds is 6. The van der Waals surface area contributed by atoms with Crippen LogP contribution >= 0.6 is 0 Å². The van der Waals surface area contributed by atoms with Crippen LogP contribution in [0.5, 0.6) is 0 Å². The van der Waals surface area contributed by atoms with Gasteiger partial charge in [-0.25, -0.2) is 0 Å². The first-order valence-electron chi connectivity index (χ1n) is 6.41. The van der Waals surface area contributed by atoms with Crippen LogP contribution in [0.2, 0.25) is 0 Å². The highest BCUT2D eigenvalue weighted by Gasteiger charge is 2.13. The number of nitrogens with zero attached hydrogens (tertiary/aromatic N) is 1. The molecule has 0 aliphatic carbocycles. The molecule has 1 atom stereocenters. The second-order valence-electron chi connectivity index (χ2n) is 4.41. The first kappa shape index (κ1) is 13.0. The van der Waals surface area contributed by atoms with E-state index in [9.17, 15) is 0 Å². The van der Waals surface area contributed by atoms with Crippen LogP contribution in [0.4, 0.5) is 0 Å². The Kier molecular flexibility index (Phi) is 4.67. The molecule has 18 heavy (non-hydrogen) atoms. The maximum atomic E-state index is 5.32. The van der Waals surface area contributed by atoms with Gasteiger partial charge in [-0.15, -0.1) is 0 Å². The van der Waals surface area contributed by atoms with Gasteiger partial charge in [0, 0.05) is 24.9 Å². The summed E-state index contributed by atoms with van der Waals surface area (Å²) in [4.78, 5) is 4.23. The normalized spacial score (nSPS) is 12.8. The second kappa shape index (κ2) is 6.47. The third kappa shape index (κ3) is 2.86. The lowest BCUT2D eigenvalue weighted by Crippen LogP contribution is -2.26. The number of nitrogens with one attached hydrogen (secondary N) is 1. The number of methoxy groups -OCH3 is 1. The molecule has 96 valence electrons. The molecule has 0 aliphatic rings. The first-order chi connectivity index (χ1) is 8.86. The highest BCUT2D eigenvalue weighted by Crippen LogP contribution is 2.23. The van der Waals surface area contributed by atoms with Crippen LogP contribution in [0.25, 0.3) is 10.8 Å². The highest BCUT2D eigenvalue weighted by molar-refractivity contribution is 5.85. The van der Waals surface area contributed by atoms with Gasteiger partial charge in [0.05, 0.1) is 12.6 Å². The fourth-order valence-corrected chi connectivity index (χ4v) is 2.18. The number of hydrogen-bond acceptors (Lipinski definition) is 3. The number of benzene rings is 1. The standard InChI is InChI=1S/C15H20N2O/c1-3-8-17-15(11-18-2)13-6-4-5-12-7-9-16-10-14(12)13/h4-7,9-10,15,17H,3,8,11H2,1-2H3. The van der Waals surface area contributed by atoms with Gasteiger partial charge >= 0.3 is 0 Å². The molecule has 3 nitrogen and oxygen atoms in total. The van der Waals surface area contributed by atoms with Gasteiger partial charge < -0.3 is 10.1 Å². The lowest BCUT2D eigenvalue weighted by atomic mass is 10.0. The molecule has 2 rings (SSSR count). The van der Waals surface area contributed by atoms with Crippen molar-refractivity contribution < 1.29 is 4.74 Å². The number of fused-ring (bicyclic) bond motifs is 1. The molecule has 0 aliphatic heterocycles. The molecule has 0 saturated carbocycles. The van der Waals surface area contributed by atoms with Crippen LogP contribution in [0.15, 0.2) is 36.7 Å². The Morgan fingerprint density at radius 3 is 3.00 bits per heavy atom. The molecule has 1 unspecified atom stereocenters. The Morgan fingerprint density at radius 2 is 2.22 bits per heavy atom. The molecule has 0 amide bonds. The Hall–Kier alpha value is -1.45. The maximum Gasteiger partial charge on any atom is 0.0657 e. The lowest BCUT2D eigenvalue weighted by molar-refractivity contribution is 0.167. The van der Waals surface area contributed by atoms with Crippen molar-refractivity contribution in [1.82, 2.24) is 10.3 Å². The summed E-state index contributed by atoms with van der Waals surface area (Å²) in [5.74, 6) is 0. The van der Waals surface area contributed by atoms with E-state index in [-0.39, 0.29) is 6.04 Å². The molecule has 0 bridgehead atoms. The minimum absolute atomic E-state index is 0.225. The van der Waals surface area contributed by atoms with E-state index < -0.39 is 0 Å². The summed E-state index contributed by atoms with van der Waals surface area (Å²) >= 11 is 0. The van der Waals surface area contributed by atoms with Gasteiger partial charge in [-0.2, -0.15) is 0 Å². The predicted molar refractivity (Wildman–Crippen MR) is 74.7 cm³/mol. The van der Waals surface area contributed by atoms with Crippen molar-refractivity contribution in [3.63, 3.8) is 0 Å². The molecule has 1 aromatic carbocycles. The van der Waals surface area contributed by atoms with Crippen LogP contribution in [0.3, 0.4) is 0 Å². The number of aromatic nitrogens is 1. The quantitative estimate of drug-likeness (QED) is 0.848. The number of pyridine rings is 1. The molecular formula is C15H20N2O. The summed E-state index contributed by atoms with van der Waals surface area (Å²) in [5.41, 5.74) is 1.26. The van der Waals surface area contributed by atoms with E-state index in [1.807, 2.05) is 18.5 Å². The first-order valence-corrected chi connectivity index (χ1v) is 6.41. The minimum Gasteiger partial charge on any atom is -0.383 e. The molecule has 1 heterocycles. The average Bonchev–Trinajstić information content (AvgIpc) is 2.43. The molecule has 3 heteroatoms. The van der Waals surface area contributed by atoms with E-state index in [4.69, 9.17) is 4.74 Å². The smallest absolute Gasteiger partial charge is 0.0657 e. The zero-order chi connectivity index (χ0) is 12.8. The van der Waals surface area contributed by atoms with Gasteiger partial charge in [0.2, 0.25) is 0 Å². The van der Waals surface area contributed by atoms with Crippen LogP contribution < -0.4 is 5.32 Å². The van der Waals surface area contributed by atoms with E-state index in [0.717, 1.165) is 13.0 Å². The Labute approximate surface area is 108 Å². The zero-order valence-corrected chi connectivity index (χ0v) is 11.0. The fraction of sp³-hybridized carbons (Fsp3) is 0.400. The summed E-state index contributed by atoms with van der Waals surface area (Å²) < 4.78 is 5.32. The van der Waals surface area contributed by atoms with Crippen molar-refractivity contribution in [2.75, 3.05) is 20.3 Å². The third-order valence-corrected chi connectivity index (χ3v) is 3.07. The van der Waals surface area contributed by atoms with Gasteiger partial charge in [-0.3, -0.25) is 4.98 Å². The molecule has 1 aromatic heterocycles. The van der Waals surface area contributed by atoms with Crippen LogP contribution in [-0.4, -0.2) is 25.2 Å². The van der Waals surface area contributed by atoms with Gasteiger partial charge in [0.25, 0.3) is 0 Å². The highest BCUT2D eigenvalue weighted by atomic mass is 16.5. The minimum atomic E-state index is 0.225. The van der Waals surface area contributed by atoms with Gasteiger partial charge in [0.1, 0.15) is 0 Å². The monoisotopic (exact) mass is 244 g/mol. The molecule has 0 spiro atoms. The average molecular weight is 244 g/mol. The summed E-state index contributed by atoms with van der Waals surface area (Å²) in [6, 6.07) is 8.62. The van der Waals surface area contributed by atoms with Crippen molar-refractivity contribution in [3.05, 3.63) is 42.2 Å². The van der Waals surface area contributed by atoms with E-state index in [1.165, 1.54) is 16.3 Å². The van der Waals surface area contributed by atoms with Crippen molar-refractivity contribution in [2.24, 2.45) is 0 Å². The zero-order valence-electron chi connectivity index (χ0n) is 11.0. The van der Waals surface area contributed by atoms with E-state index >= 15 is 0 Å². The fourth-order valence-electron chi connectivity index (χ4n) is 2.18. The summed E-state index contributed by atoms with van der Waals surface area (Å²) in [6.45, 7) is 3.83. The molecular weight excluding hydrogens is 224 g/mol. The van der Waals surface area contributed by atoms with Gasteiger partial charge in [-0.05, 0) is 30.0 Å². The van der Waals surface area contributed by atoms with E-state index in [0.29, 0.717) is 6.61 Å². The van der Waals surface area contributed by atoms with Crippen LogP contribution in [0, 0.1) is 0 Å². The van der Waals surface area contributed by atoms with Crippen molar-refractivity contribution in [1.29, 1.82) is 0 Å². The Morgan fingerprint density at radius 1 is 1.33 bits per heavy atom.